The SMILES string of the molecule is C[C@H]1CN(C)c2ccccc2CN1C(=O)CSCc1ccncc1. The average Bonchev–Trinajstić information content (AvgIpc) is 2.72. The molecule has 0 unspecified atom stereocenters. The molecule has 0 spiro atoms. The number of hydrogen-bond donors (Lipinski definition) is 0. The number of amides is 1. The van der Waals surface area contributed by atoms with Crippen LogP contribution in [-0.4, -0.2) is 41.2 Å². The van der Waals surface area contributed by atoms with E-state index < -0.39 is 0 Å². The number of carbonyl (C=O) groups is 1. The second-order valence-corrected chi connectivity index (χ2v) is 7.21. The average molecular weight is 341 g/mol. The molecular formula is C19H23N3OS. The third kappa shape index (κ3) is 3.90. The van der Waals surface area contributed by atoms with Crippen LogP contribution in [-0.2, 0) is 17.1 Å². The minimum absolute atomic E-state index is 0.205. The number of fused-ring (bicyclic) bond motifs is 1. The fraction of sp³-hybridized carbons (Fsp3) is 0.368. The van der Waals surface area contributed by atoms with Crippen molar-refractivity contribution in [3.05, 3.63) is 59.9 Å². The summed E-state index contributed by atoms with van der Waals surface area (Å²) in [6.07, 6.45) is 3.59. The first-order valence-corrected chi connectivity index (χ1v) is 9.36. The van der Waals surface area contributed by atoms with E-state index in [1.165, 1.54) is 16.8 Å². The van der Waals surface area contributed by atoms with E-state index in [0.29, 0.717) is 12.3 Å². The van der Waals surface area contributed by atoms with Crippen molar-refractivity contribution in [2.45, 2.75) is 25.3 Å². The summed E-state index contributed by atoms with van der Waals surface area (Å²) in [5.41, 5.74) is 3.65. The Morgan fingerprint density at radius 3 is 2.79 bits per heavy atom. The molecule has 1 aromatic carbocycles. The van der Waals surface area contributed by atoms with Gasteiger partial charge in [0.1, 0.15) is 0 Å². The molecule has 0 aliphatic carbocycles. The van der Waals surface area contributed by atoms with E-state index in [1.54, 1.807) is 24.2 Å². The molecule has 0 saturated carbocycles. The first kappa shape index (κ1) is 16.8. The number of rotatable bonds is 4. The van der Waals surface area contributed by atoms with E-state index >= 15 is 0 Å². The van der Waals surface area contributed by atoms with Gasteiger partial charge in [0.05, 0.1) is 5.75 Å². The van der Waals surface area contributed by atoms with E-state index in [4.69, 9.17) is 0 Å². The number of pyridine rings is 1. The topological polar surface area (TPSA) is 36.4 Å². The van der Waals surface area contributed by atoms with Gasteiger partial charge in [0.2, 0.25) is 5.91 Å². The number of hydrogen-bond acceptors (Lipinski definition) is 4. The first-order valence-electron chi connectivity index (χ1n) is 8.20. The van der Waals surface area contributed by atoms with Crippen molar-refractivity contribution in [1.29, 1.82) is 0 Å². The minimum atomic E-state index is 0.205. The molecule has 0 bridgehead atoms. The molecule has 2 heterocycles. The molecule has 1 aromatic heterocycles. The van der Waals surface area contributed by atoms with Gasteiger partial charge in [-0.05, 0) is 36.2 Å². The molecule has 1 amide bonds. The summed E-state index contributed by atoms with van der Waals surface area (Å²) in [6.45, 7) is 3.68. The minimum Gasteiger partial charge on any atom is -0.372 e. The molecule has 1 aliphatic heterocycles. The van der Waals surface area contributed by atoms with Crippen LogP contribution < -0.4 is 4.90 Å². The van der Waals surface area contributed by atoms with Crippen molar-refractivity contribution in [2.75, 3.05) is 24.2 Å². The van der Waals surface area contributed by atoms with Crippen LogP contribution in [0.5, 0.6) is 0 Å². The van der Waals surface area contributed by atoms with Gasteiger partial charge < -0.3 is 9.80 Å². The predicted molar refractivity (Wildman–Crippen MR) is 100 cm³/mol. The summed E-state index contributed by atoms with van der Waals surface area (Å²) in [7, 11) is 2.10. The molecule has 126 valence electrons. The zero-order valence-electron chi connectivity index (χ0n) is 14.2. The third-order valence-corrected chi connectivity index (χ3v) is 5.37. The largest absolute Gasteiger partial charge is 0.372 e. The number of benzene rings is 1. The summed E-state index contributed by atoms with van der Waals surface area (Å²) >= 11 is 1.67. The van der Waals surface area contributed by atoms with Crippen molar-refractivity contribution < 1.29 is 4.79 Å². The van der Waals surface area contributed by atoms with Crippen LogP contribution >= 0.6 is 11.8 Å². The van der Waals surface area contributed by atoms with Crippen molar-refractivity contribution in [3.63, 3.8) is 0 Å². The van der Waals surface area contributed by atoms with Crippen LogP contribution in [0.4, 0.5) is 5.69 Å². The van der Waals surface area contributed by atoms with E-state index in [2.05, 4.69) is 42.1 Å². The highest BCUT2D eigenvalue weighted by Crippen LogP contribution is 2.26. The summed E-state index contributed by atoms with van der Waals surface area (Å²) in [5, 5.41) is 0. The molecule has 0 N–H and O–H groups in total. The van der Waals surface area contributed by atoms with E-state index in [9.17, 15) is 4.79 Å². The smallest absolute Gasteiger partial charge is 0.233 e. The Labute approximate surface area is 147 Å². The molecule has 24 heavy (non-hydrogen) atoms. The van der Waals surface area contributed by atoms with Crippen LogP contribution in [0.15, 0.2) is 48.8 Å². The summed E-state index contributed by atoms with van der Waals surface area (Å²) in [5.74, 6) is 1.57. The Bertz CT molecular complexity index is 692. The number of aromatic nitrogens is 1. The zero-order chi connectivity index (χ0) is 16.9. The maximum Gasteiger partial charge on any atom is 0.233 e. The lowest BCUT2D eigenvalue weighted by Crippen LogP contribution is -2.42. The highest BCUT2D eigenvalue weighted by molar-refractivity contribution is 7.99. The summed E-state index contributed by atoms with van der Waals surface area (Å²) in [4.78, 5) is 21.0. The summed E-state index contributed by atoms with van der Waals surface area (Å²) < 4.78 is 0. The number of anilines is 1. The molecular weight excluding hydrogens is 318 g/mol. The van der Waals surface area contributed by atoms with Gasteiger partial charge in [-0.2, -0.15) is 0 Å². The van der Waals surface area contributed by atoms with Gasteiger partial charge in [0, 0.05) is 50.0 Å². The Hall–Kier alpha value is -2.01. The van der Waals surface area contributed by atoms with Crippen molar-refractivity contribution in [1.82, 2.24) is 9.88 Å². The number of para-hydroxylation sites is 1. The number of thioether (sulfide) groups is 1. The summed E-state index contributed by atoms with van der Waals surface area (Å²) in [6, 6.07) is 12.6. The number of nitrogens with zero attached hydrogens (tertiary/aromatic N) is 3. The van der Waals surface area contributed by atoms with Crippen LogP contribution in [0.2, 0.25) is 0 Å². The van der Waals surface area contributed by atoms with E-state index in [0.717, 1.165) is 12.3 Å². The lowest BCUT2D eigenvalue weighted by atomic mass is 10.1. The van der Waals surface area contributed by atoms with Crippen molar-refractivity contribution >= 4 is 23.4 Å². The molecule has 0 fully saturated rings. The van der Waals surface area contributed by atoms with Crippen molar-refractivity contribution in [3.8, 4) is 0 Å². The van der Waals surface area contributed by atoms with Gasteiger partial charge in [0.15, 0.2) is 0 Å². The monoisotopic (exact) mass is 341 g/mol. The molecule has 5 heteroatoms. The van der Waals surface area contributed by atoms with Gasteiger partial charge in [-0.25, -0.2) is 0 Å². The Morgan fingerprint density at radius 2 is 2.00 bits per heavy atom. The molecule has 2 aromatic rings. The molecule has 0 saturated heterocycles. The van der Waals surface area contributed by atoms with Gasteiger partial charge in [-0.3, -0.25) is 9.78 Å². The maximum absolute atomic E-state index is 12.7. The van der Waals surface area contributed by atoms with Crippen molar-refractivity contribution in [2.24, 2.45) is 0 Å². The van der Waals surface area contributed by atoms with Gasteiger partial charge in [-0.1, -0.05) is 18.2 Å². The number of likely N-dealkylation sites (N-methyl/N-ethyl adjacent to an activating group) is 1. The van der Waals surface area contributed by atoms with Gasteiger partial charge in [-0.15, -0.1) is 11.8 Å². The van der Waals surface area contributed by atoms with Gasteiger partial charge in [0.25, 0.3) is 0 Å². The Balaban J connectivity index is 1.63. The molecule has 1 atom stereocenters. The Kier molecular flexibility index (Phi) is 5.41. The predicted octanol–water partition coefficient (Wildman–Crippen LogP) is 3.18. The number of carbonyl (C=O) groups excluding carboxylic acids is 1. The lowest BCUT2D eigenvalue weighted by molar-refractivity contribution is -0.130. The fourth-order valence-electron chi connectivity index (χ4n) is 3.10. The second kappa shape index (κ2) is 7.71. The second-order valence-electron chi connectivity index (χ2n) is 6.23. The third-order valence-electron chi connectivity index (χ3n) is 4.38. The normalized spacial score (nSPS) is 17.3. The first-order chi connectivity index (χ1) is 11.6. The highest BCUT2D eigenvalue weighted by atomic mass is 32.2. The van der Waals surface area contributed by atoms with Crippen LogP contribution in [0.1, 0.15) is 18.1 Å². The van der Waals surface area contributed by atoms with Crippen LogP contribution in [0.25, 0.3) is 0 Å². The molecule has 3 rings (SSSR count). The fourth-order valence-corrected chi connectivity index (χ4v) is 3.97. The van der Waals surface area contributed by atoms with Gasteiger partial charge >= 0.3 is 0 Å². The zero-order valence-corrected chi connectivity index (χ0v) is 15.0. The highest BCUT2D eigenvalue weighted by Gasteiger charge is 2.26. The lowest BCUT2D eigenvalue weighted by Gasteiger charge is -2.28. The quantitative estimate of drug-likeness (QED) is 0.856. The van der Waals surface area contributed by atoms with Crippen LogP contribution in [0.3, 0.4) is 0 Å². The molecule has 4 nitrogen and oxygen atoms in total. The standard InChI is InChI=1S/C19H23N3OS/c1-15-11-21(2)18-6-4-3-5-17(18)12-22(15)19(23)14-24-13-16-7-9-20-10-8-16/h3-10,15H,11-14H2,1-2H3/t15-/m0/s1. The maximum atomic E-state index is 12.7. The molecule has 1 aliphatic rings. The Morgan fingerprint density at radius 1 is 1.25 bits per heavy atom. The molecule has 0 radical (unpaired) electrons. The van der Waals surface area contributed by atoms with E-state index in [-0.39, 0.29) is 11.9 Å². The van der Waals surface area contributed by atoms with Crippen LogP contribution in [0, 0.1) is 0 Å². The van der Waals surface area contributed by atoms with E-state index in [1.807, 2.05) is 23.1 Å².